The molecule has 158 valence electrons. The molecule has 0 atom stereocenters. The average molecular weight is 416 g/mol. The Labute approximate surface area is 179 Å². The fraction of sp³-hybridized carbons (Fsp3) is 0.273. The van der Waals surface area contributed by atoms with Gasteiger partial charge in [-0.3, -0.25) is 9.89 Å². The molecule has 5 heterocycles. The monoisotopic (exact) mass is 416 g/mol. The number of carbonyl (C=O) groups is 1. The van der Waals surface area contributed by atoms with Crippen molar-refractivity contribution in [3.63, 3.8) is 0 Å². The van der Waals surface area contributed by atoms with Gasteiger partial charge in [0, 0.05) is 60.3 Å². The molecule has 4 aromatic rings. The highest BCUT2D eigenvalue weighted by atomic mass is 16.1. The lowest BCUT2D eigenvalue weighted by molar-refractivity contribution is 0.102. The van der Waals surface area contributed by atoms with E-state index in [-0.39, 0.29) is 5.91 Å². The SMILES string of the molecule is Cc1[nH]nc(C(=O)Nc2cnc3[nH]c(-c4ccnc(N5CCNCC5)c4)cc3c2)c1C. The zero-order valence-corrected chi connectivity index (χ0v) is 17.5. The summed E-state index contributed by atoms with van der Waals surface area (Å²) in [5.41, 5.74) is 5.52. The number of pyridine rings is 2. The van der Waals surface area contributed by atoms with Crippen LogP contribution < -0.4 is 15.5 Å². The summed E-state index contributed by atoms with van der Waals surface area (Å²) in [5.74, 6) is 0.719. The molecule has 1 amide bonds. The van der Waals surface area contributed by atoms with Gasteiger partial charge in [-0.25, -0.2) is 9.97 Å². The van der Waals surface area contributed by atoms with E-state index in [9.17, 15) is 4.79 Å². The van der Waals surface area contributed by atoms with Crippen molar-refractivity contribution in [1.82, 2.24) is 30.5 Å². The van der Waals surface area contributed by atoms with Crippen molar-refractivity contribution < 1.29 is 4.79 Å². The van der Waals surface area contributed by atoms with Crippen LogP contribution in [0.1, 0.15) is 21.7 Å². The molecular formula is C22H24N8O. The summed E-state index contributed by atoms with van der Waals surface area (Å²) in [6.07, 6.45) is 3.49. The number of nitrogens with one attached hydrogen (secondary N) is 4. The highest BCUT2D eigenvalue weighted by molar-refractivity contribution is 6.04. The first-order valence-electron chi connectivity index (χ1n) is 10.3. The summed E-state index contributed by atoms with van der Waals surface area (Å²) in [5, 5.41) is 14.1. The van der Waals surface area contributed by atoms with Gasteiger partial charge in [0.1, 0.15) is 11.5 Å². The summed E-state index contributed by atoms with van der Waals surface area (Å²) in [7, 11) is 0. The average Bonchev–Trinajstić information content (AvgIpc) is 3.37. The molecule has 0 bridgehead atoms. The molecule has 9 nitrogen and oxygen atoms in total. The van der Waals surface area contributed by atoms with Gasteiger partial charge in [0.25, 0.3) is 5.91 Å². The minimum atomic E-state index is -0.256. The molecule has 0 spiro atoms. The fourth-order valence-corrected chi connectivity index (χ4v) is 3.79. The second-order valence-electron chi connectivity index (χ2n) is 7.76. The molecule has 1 aliphatic heterocycles. The van der Waals surface area contributed by atoms with E-state index in [2.05, 4.69) is 46.7 Å². The van der Waals surface area contributed by atoms with E-state index in [4.69, 9.17) is 0 Å². The molecule has 1 fully saturated rings. The zero-order valence-electron chi connectivity index (χ0n) is 17.5. The van der Waals surface area contributed by atoms with Crippen LogP contribution in [0, 0.1) is 13.8 Å². The van der Waals surface area contributed by atoms with Crippen LogP contribution in [0.3, 0.4) is 0 Å². The smallest absolute Gasteiger partial charge is 0.276 e. The van der Waals surface area contributed by atoms with Crippen molar-refractivity contribution in [1.29, 1.82) is 0 Å². The molecule has 0 unspecified atom stereocenters. The molecule has 0 aromatic carbocycles. The van der Waals surface area contributed by atoms with Gasteiger partial charge in [0.15, 0.2) is 5.69 Å². The summed E-state index contributed by atoms with van der Waals surface area (Å²) >= 11 is 0. The third-order valence-electron chi connectivity index (χ3n) is 5.69. The van der Waals surface area contributed by atoms with Gasteiger partial charge in [-0.05, 0) is 38.1 Å². The number of amides is 1. The third-order valence-corrected chi connectivity index (χ3v) is 5.69. The normalized spacial score (nSPS) is 14.2. The highest BCUT2D eigenvalue weighted by Crippen LogP contribution is 2.27. The maximum absolute atomic E-state index is 12.6. The fourth-order valence-electron chi connectivity index (χ4n) is 3.79. The molecule has 1 saturated heterocycles. The first-order valence-corrected chi connectivity index (χ1v) is 10.3. The van der Waals surface area contributed by atoms with Crippen molar-refractivity contribution in [2.24, 2.45) is 0 Å². The van der Waals surface area contributed by atoms with E-state index in [1.54, 1.807) is 6.20 Å². The molecule has 1 aliphatic rings. The van der Waals surface area contributed by atoms with E-state index >= 15 is 0 Å². The molecule has 4 N–H and O–H groups in total. The third kappa shape index (κ3) is 3.75. The number of hydrogen-bond acceptors (Lipinski definition) is 6. The second kappa shape index (κ2) is 7.84. The predicted octanol–water partition coefficient (Wildman–Crippen LogP) is 2.63. The number of aryl methyl sites for hydroxylation is 1. The van der Waals surface area contributed by atoms with Crippen LogP contribution in [0.25, 0.3) is 22.3 Å². The lowest BCUT2D eigenvalue weighted by atomic mass is 10.1. The van der Waals surface area contributed by atoms with E-state index in [1.807, 2.05) is 38.2 Å². The lowest BCUT2D eigenvalue weighted by Crippen LogP contribution is -2.43. The van der Waals surface area contributed by atoms with Gasteiger partial charge >= 0.3 is 0 Å². The van der Waals surface area contributed by atoms with Crippen LogP contribution in [-0.2, 0) is 0 Å². The maximum atomic E-state index is 12.6. The Kier molecular flexibility index (Phi) is 4.87. The Morgan fingerprint density at radius 1 is 1.13 bits per heavy atom. The Morgan fingerprint density at radius 2 is 1.97 bits per heavy atom. The lowest BCUT2D eigenvalue weighted by Gasteiger charge is -2.28. The van der Waals surface area contributed by atoms with Crippen molar-refractivity contribution in [3.05, 3.63) is 53.6 Å². The molecule has 0 radical (unpaired) electrons. The first kappa shape index (κ1) is 19.3. The number of aromatic amines is 2. The number of H-pyrrole nitrogens is 2. The largest absolute Gasteiger partial charge is 0.354 e. The molecule has 31 heavy (non-hydrogen) atoms. The standard InChI is InChI=1S/C22H24N8O/c1-13-14(2)28-29-20(13)22(31)26-17-9-16-10-18(27-21(16)25-12-17)15-3-4-24-19(11-15)30-7-5-23-6-8-30/h3-4,9-12,23H,5-8H2,1-2H3,(H,25,27)(H,26,31)(H,28,29). The van der Waals surface area contributed by atoms with E-state index in [1.165, 1.54) is 0 Å². The quantitative estimate of drug-likeness (QED) is 0.407. The number of piperazine rings is 1. The Bertz CT molecular complexity index is 1250. The van der Waals surface area contributed by atoms with Gasteiger partial charge in [0.05, 0.1) is 11.9 Å². The van der Waals surface area contributed by atoms with Gasteiger partial charge < -0.3 is 20.5 Å². The van der Waals surface area contributed by atoms with Gasteiger partial charge in [-0.1, -0.05) is 0 Å². The van der Waals surface area contributed by atoms with Crippen molar-refractivity contribution in [2.75, 3.05) is 36.4 Å². The van der Waals surface area contributed by atoms with E-state index in [0.29, 0.717) is 11.4 Å². The number of nitrogens with zero attached hydrogens (tertiary/aromatic N) is 4. The number of hydrogen-bond donors (Lipinski definition) is 4. The number of rotatable bonds is 4. The molecule has 0 saturated carbocycles. The molecular weight excluding hydrogens is 392 g/mol. The van der Waals surface area contributed by atoms with Crippen LogP contribution in [0.4, 0.5) is 11.5 Å². The van der Waals surface area contributed by atoms with Crippen molar-refractivity contribution >= 4 is 28.4 Å². The first-order chi connectivity index (χ1) is 15.1. The van der Waals surface area contributed by atoms with Gasteiger partial charge in [0.2, 0.25) is 0 Å². The van der Waals surface area contributed by atoms with Crippen LogP contribution in [0.5, 0.6) is 0 Å². The van der Waals surface area contributed by atoms with Crippen LogP contribution in [0.15, 0.2) is 36.7 Å². The highest BCUT2D eigenvalue weighted by Gasteiger charge is 2.16. The van der Waals surface area contributed by atoms with Crippen molar-refractivity contribution in [3.8, 4) is 11.3 Å². The van der Waals surface area contributed by atoms with Gasteiger partial charge in [-0.15, -0.1) is 0 Å². The topological polar surface area (TPSA) is 115 Å². The molecule has 4 aromatic heterocycles. The minimum absolute atomic E-state index is 0.256. The molecule has 9 heteroatoms. The minimum Gasteiger partial charge on any atom is -0.354 e. The van der Waals surface area contributed by atoms with Crippen LogP contribution in [0.2, 0.25) is 0 Å². The second-order valence-corrected chi connectivity index (χ2v) is 7.76. The van der Waals surface area contributed by atoms with Gasteiger partial charge in [-0.2, -0.15) is 5.10 Å². The Morgan fingerprint density at radius 3 is 2.74 bits per heavy atom. The maximum Gasteiger partial charge on any atom is 0.276 e. The van der Waals surface area contributed by atoms with E-state index < -0.39 is 0 Å². The summed E-state index contributed by atoms with van der Waals surface area (Å²) in [6.45, 7) is 7.59. The summed E-state index contributed by atoms with van der Waals surface area (Å²) in [4.78, 5) is 27.2. The van der Waals surface area contributed by atoms with Crippen LogP contribution >= 0.6 is 0 Å². The molecule has 0 aliphatic carbocycles. The number of anilines is 2. The number of aromatic nitrogens is 5. The summed E-state index contributed by atoms with van der Waals surface area (Å²) < 4.78 is 0. The zero-order chi connectivity index (χ0) is 21.4. The number of carbonyl (C=O) groups excluding carboxylic acids is 1. The van der Waals surface area contributed by atoms with E-state index in [0.717, 1.165) is 65.5 Å². The Hall–Kier alpha value is -3.72. The Balaban J connectivity index is 1.40. The van der Waals surface area contributed by atoms with Crippen LogP contribution in [-0.4, -0.2) is 57.2 Å². The number of fused-ring (bicyclic) bond motifs is 1. The predicted molar refractivity (Wildman–Crippen MR) is 120 cm³/mol. The summed E-state index contributed by atoms with van der Waals surface area (Å²) in [6, 6.07) is 8.04. The van der Waals surface area contributed by atoms with Crippen molar-refractivity contribution in [2.45, 2.75) is 13.8 Å². The molecule has 5 rings (SSSR count).